The molecule has 1 aliphatic carbocycles. The minimum Gasteiger partial charge on any atom is -0.464 e. The molecular formula is C40H37N7O5. The summed E-state index contributed by atoms with van der Waals surface area (Å²) in [5.74, 6) is -0.877. The fraction of sp³-hybridized carbons (Fsp3) is 0.200. The Bertz CT molecular complexity index is 2300. The molecule has 1 saturated carbocycles. The molecule has 12 heteroatoms. The van der Waals surface area contributed by atoms with Gasteiger partial charge in [0.05, 0.1) is 7.11 Å². The van der Waals surface area contributed by atoms with E-state index in [4.69, 9.17) is 0 Å². The molecule has 0 unspecified atom stereocenters. The molecule has 1 aliphatic rings. The number of nitrogens with zero attached hydrogens (tertiary/aromatic N) is 4. The summed E-state index contributed by atoms with van der Waals surface area (Å²) in [6.07, 6.45) is 9.19. The predicted molar refractivity (Wildman–Crippen MR) is 198 cm³/mol. The Morgan fingerprint density at radius 1 is 0.615 bits per heavy atom. The third-order valence-corrected chi connectivity index (χ3v) is 9.00. The molecule has 1 fully saturated rings. The number of aryl methyl sites for hydroxylation is 2. The summed E-state index contributed by atoms with van der Waals surface area (Å²) in [5, 5.41) is 12.0. The van der Waals surface area contributed by atoms with Crippen LogP contribution in [-0.2, 0) is 4.74 Å². The van der Waals surface area contributed by atoms with Crippen LogP contribution in [0.25, 0.3) is 21.5 Å². The van der Waals surface area contributed by atoms with Crippen molar-refractivity contribution in [1.82, 2.24) is 25.3 Å². The van der Waals surface area contributed by atoms with Crippen LogP contribution in [0.15, 0.2) is 97.6 Å². The zero-order chi connectivity index (χ0) is 36.6. The molecule has 0 atom stereocenters. The molecule has 0 radical (unpaired) electrons. The van der Waals surface area contributed by atoms with E-state index in [1.165, 1.54) is 38.3 Å². The predicted octanol–water partition coefficient (Wildman–Crippen LogP) is 6.70. The molecule has 0 aliphatic heterocycles. The molecule has 3 amide bonds. The molecule has 2 heterocycles. The molecule has 262 valence electrons. The Labute approximate surface area is 300 Å². The van der Waals surface area contributed by atoms with Gasteiger partial charge in [-0.15, -0.1) is 0 Å². The van der Waals surface area contributed by atoms with Crippen molar-refractivity contribution in [1.29, 1.82) is 0 Å². The highest BCUT2D eigenvalue weighted by Gasteiger charge is 2.22. The molecule has 52 heavy (non-hydrogen) atoms. The monoisotopic (exact) mass is 695 g/mol. The number of carbonyl (C=O) groups is 4. The van der Waals surface area contributed by atoms with E-state index in [2.05, 4.69) is 40.6 Å². The van der Waals surface area contributed by atoms with Gasteiger partial charge in [-0.25, -0.2) is 24.7 Å². The lowest BCUT2D eigenvalue weighted by atomic mass is 9.85. The van der Waals surface area contributed by atoms with Gasteiger partial charge in [-0.2, -0.15) is 0 Å². The molecular weight excluding hydrogens is 658 g/mol. The van der Waals surface area contributed by atoms with Gasteiger partial charge in [0, 0.05) is 42.5 Å². The second-order valence-corrected chi connectivity index (χ2v) is 12.4. The van der Waals surface area contributed by atoms with Gasteiger partial charge in [0.2, 0.25) is 0 Å². The third kappa shape index (κ3) is 7.76. The second-order valence-electron chi connectivity index (χ2n) is 12.4. The van der Waals surface area contributed by atoms with Gasteiger partial charge in [0.1, 0.15) is 0 Å². The van der Waals surface area contributed by atoms with E-state index in [0.717, 1.165) is 45.5 Å². The number of esters is 1. The smallest absolute Gasteiger partial charge is 0.360 e. The molecule has 4 aromatic carbocycles. The van der Waals surface area contributed by atoms with Gasteiger partial charge in [-0.05, 0) is 77.4 Å². The zero-order valence-electron chi connectivity index (χ0n) is 29.0. The van der Waals surface area contributed by atoms with Crippen molar-refractivity contribution < 1.29 is 23.9 Å². The van der Waals surface area contributed by atoms with Crippen molar-refractivity contribution in [2.75, 3.05) is 24.3 Å². The van der Waals surface area contributed by atoms with Crippen LogP contribution >= 0.6 is 0 Å². The summed E-state index contributed by atoms with van der Waals surface area (Å²) in [5.41, 5.74) is 3.31. The van der Waals surface area contributed by atoms with Crippen molar-refractivity contribution in [2.24, 2.45) is 5.92 Å². The number of amides is 3. The minimum absolute atomic E-state index is 0.0373. The maximum atomic E-state index is 12.9. The number of ether oxygens (including phenoxy) is 1. The molecule has 0 saturated heterocycles. The van der Waals surface area contributed by atoms with Crippen molar-refractivity contribution >= 4 is 56.9 Å². The fourth-order valence-corrected chi connectivity index (χ4v) is 5.93. The molecule has 0 bridgehead atoms. The lowest BCUT2D eigenvalue weighted by Gasteiger charge is -2.25. The average Bonchev–Trinajstić information content (AvgIpc) is 3.15. The maximum absolute atomic E-state index is 12.9. The van der Waals surface area contributed by atoms with Crippen molar-refractivity contribution in [2.45, 2.75) is 33.1 Å². The topological polar surface area (TPSA) is 165 Å². The van der Waals surface area contributed by atoms with Crippen molar-refractivity contribution in [3.63, 3.8) is 0 Å². The number of anilines is 2. The lowest BCUT2D eigenvalue weighted by Crippen LogP contribution is -2.33. The van der Waals surface area contributed by atoms with Gasteiger partial charge in [-0.3, -0.25) is 14.4 Å². The number of aromatic nitrogens is 4. The summed E-state index contributed by atoms with van der Waals surface area (Å²) in [4.78, 5) is 66.1. The van der Waals surface area contributed by atoms with E-state index in [1.54, 1.807) is 12.1 Å². The van der Waals surface area contributed by atoms with Crippen molar-refractivity contribution in [3.8, 4) is 0 Å². The van der Waals surface area contributed by atoms with E-state index < -0.39 is 5.97 Å². The minimum atomic E-state index is -0.660. The van der Waals surface area contributed by atoms with Gasteiger partial charge in [-0.1, -0.05) is 67.1 Å². The molecule has 2 aromatic heterocycles. The van der Waals surface area contributed by atoms with E-state index >= 15 is 0 Å². The molecule has 7 rings (SSSR count). The van der Waals surface area contributed by atoms with Crippen LogP contribution in [0.5, 0.6) is 0 Å². The summed E-state index contributed by atoms with van der Waals surface area (Å²) < 4.78 is 4.66. The quantitative estimate of drug-likeness (QED) is 0.147. The number of hydrogen-bond donors (Lipinski definition) is 3. The lowest BCUT2D eigenvalue weighted by molar-refractivity contribution is 0.0594. The summed E-state index contributed by atoms with van der Waals surface area (Å²) >= 11 is 0. The standard InChI is InChI=1S/C22H22N4O2.C18H15N3O3/c1-14-9-10-18(17-8-3-2-7-16(14)17)21(27)26-20-19(23-11-12-24-20)22(28)25-13-15-5-4-6-15;1-11-7-8-14(13-6-4-3-5-12(11)13)17(22)21-16-15(18(23)24-2)19-9-10-20-16/h2-3,7-12,15H,4-6,13H2,1H3,(H,25,28)(H,24,26,27);3-10H,1-2H3,(H,20,21,22). The van der Waals surface area contributed by atoms with Crippen molar-refractivity contribution in [3.05, 3.63) is 131 Å². The second kappa shape index (κ2) is 16.0. The highest BCUT2D eigenvalue weighted by Crippen LogP contribution is 2.26. The third-order valence-electron chi connectivity index (χ3n) is 9.00. The Morgan fingerprint density at radius 3 is 1.56 bits per heavy atom. The van der Waals surface area contributed by atoms with Crippen LogP contribution < -0.4 is 16.0 Å². The molecule has 0 spiro atoms. The van der Waals surface area contributed by atoms with Gasteiger partial charge in [0.15, 0.2) is 23.0 Å². The first-order valence-electron chi connectivity index (χ1n) is 16.8. The van der Waals surface area contributed by atoms with Gasteiger partial charge < -0.3 is 20.7 Å². The number of rotatable bonds is 8. The largest absolute Gasteiger partial charge is 0.464 e. The number of hydrogen-bond acceptors (Lipinski definition) is 9. The van der Waals surface area contributed by atoms with Crippen LogP contribution in [0.4, 0.5) is 11.6 Å². The van der Waals surface area contributed by atoms with E-state index in [9.17, 15) is 19.2 Å². The first-order valence-corrected chi connectivity index (χ1v) is 16.8. The highest BCUT2D eigenvalue weighted by molar-refractivity contribution is 6.15. The average molecular weight is 696 g/mol. The Hall–Kier alpha value is -6.56. The summed E-state index contributed by atoms with van der Waals surface area (Å²) in [6.45, 7) is 4.63. The molecule has 12 nitrogen and oxygen atoms in total. The van der Waals surface area contributed by atoms with E-state index in [1.807, 2.05) is 74.5 Å². The van der Waals surface area contributed by atoms with Gasteiger partial charge in [0.25, 0.3) is 17.7 Å². The fourth-order valence-electron chi connectivity index (χ4n) is 5.93. The SMILES string of the molecule is COC(=O)c1nccnc1NC(=O)c1ccc(C)c2ccccc12.Cc1ccc(C(=O)Nc2nccnc2C(=O)NCC2CCC2)c2ccccc12. The number of nitrogens with one attached hydrogen (secondary N) is 3. The number of methoxy groups -OCH3 is 1. The first-order chi connectivity index (χ1) is 25.2. The Kier molecular flexibility index (Phi) is 10.8. The Morgan fingerprint density at radius 2 is 1.08 bits per heavy atom. The van der Waals surface area contributed by atoms with Crippen LogP contribution in [0.1, 0.15) is 72.1 Å². The number of fused-ring (bicyclic) bond motifs is 2. The van der Waals surface area contributed by atoms with Crippen LogP contribution in [0.2, 0.25) is 0 Å². The van der Waals surface area contributed by atoms with Crippen LogP contribution in [-0.4, -0.2) is 57.3 Å². The van der Waals surface area contributed by atoms with Crippen LogP contribution in [0, 0.1) is 19.8 Å². The van der Waals surface area contributed by atoms with E-state index in [0.29, 0.717) is 23.6 Å². The maximum Gasteiger partial charge on any atom is 0.360 e. The highest BCUT2D eigenvalue weighted by atomic mass is 16.5. The zero-order valence-corrected chi connectivity index (χ0v) is 29.0. The first kappa shape index (κ1) is 35.3. The van der Waals surface area contributed by atoms with Crippen LogP contribution in [0.3, 0.4) is 0 Å². The normalized spacial score (nSPS) is 12.2. The number of carbonyl (C=O) groups excluding carboxylic acids is 4. The summed E-state index contributed by atoms with van der Waals surface area (Å²) in [7, 11) is 1.25. The summed E-state index contributed by atoms with van der Waals surface area (Å²) in [6, 6.07) is 22.7. The van der Waals surface area contributed by atoms with E-state index in [-0.39, 0.29) is 40.7 Å². The Balaban J connectivity index is 0.000000181. The van der Waals surface area contributed by atoms with Gasteiger partial charge >= 0.3 is 5.97 Å². The molecule has 3 N–H and O–H groups in total. The number of benzene rings is 4. The molecule has 6 aromatic rings.